The molecular formula is C19H17ClN2O4. The van der Waals surface area contributed by atoms with E-state index in [1.165, 1.54) is 13.3 Å². The number of nitrogens with zero attached hydrogens (tertiary/aromatic N) is 1. The van der Waals surface area contributed by atoms with E-state index in [0.29, 0.717) is 34.3 Å². The second kappa shape index (κ2) is 7.93. The van der Waals surface area contributed by atoms with Crippen LogP contribution in [0, 0.1) is 0 Å². The van der Waals surface area contributed by atoms with Crippen LogP contribution < -0.4 is 14.9 Å². The van der Waals surface area contributed by atoms with Gasteiger partial charge in [-0.15, -0.1) is 0 Å². The fraction of sp³-hybridized carbons (Fsp3) is 0.158. The van der Waals surface area contributed by atoms with Crippen LogP contribution in [-0.2, 0) is 0 Å². The van der Waals surface area contributed by atoms with Crippen LogP contribution in [0.1, 0.15) is 23.0 Å². The van der Waals surface area contributed by atoms with Crippen molar-refractivity contribution in [3.63, 3.8) is 0 Å². The normalized spacial score (nSPS) is 11.0. The minimum Gasteiger partial charge on any atom is -0.493 e. The van der Waals surface area contributed by atoms with Gasteiger partial charge in [0.25, 0.3) is 0 Å². The van der Waals surface area contributed by atoms with Crippen molar-refractivity contribution in [2.45, 2.75) is 6.92 Å². The summed E-state index contributed by atoms with van der Waals surface area (Å²) in [6.45, 7) is 2.33. The van der Waals surface area contributed by atoms with Gasteiger partial charge in [0.15, 0.2) is 17.3 Å². The van der Waals surface area contributed by atoms with Crippen molar-refractivity contribution in [2.75, 3.05) is 13.7 Å². The fourth-order valence-corrected chi connectivity index (χ4v) is 2.69. The van der Waals surface area contributed by atoms with Crippen LogP contribution in [0.2, 0.25) is 5.02 Å². The number of furan rings is 1. The maximum atomic E-state index is 12.1. The van der Waals surface area contributed by atoms with Crippen LogP contribution in [0.3, 0.4) is 0 Å². The smallest absolute Gasteiger partial charge is 0.307 e. The van der Waals surface area contributed by atoms with E-state index in [1.807, 2.05) is 25.1 Å². The number of ether oxygens (including phenoxy) is 2. The molecule has 1 amide bonds. The van der Waals surface area contributed by atoms with Gasteiger partial charge in [0.2, 0.25) is 0 Å². The quantitative estimate of drug-likeness (QED) is 0.518. The van der Waals surface area contributed by atoms with Gasteiger partial charge < -0.3 is 13.9 Å². The summed E-state index contributed by atoms with van der Waals surface area (Å²) in [7, 11) is 1.53. The number of halogens is 1. The van der Waals surface area contributed by atoms with Gasteiger partial charge in [0.05, 0.1) is 25.0 Å². The largest absolute Gasteiger partial charge is 0.493 e. The zero-order valence-corrected chi connectivity index (χ0v) is 15.0. The van der Waals surface area contributed by atoms with E-state index in [-0.39, 0.29) is 5.76 Å². The van der Waals surface area contributed by atoms with Gasteiger partial charge in [0.1, 0.15) is 5.58 Å². The van der Waals surface area contributed by atoms with Crippen molar-refractivity contribution < 1.29 is 18.7 Å². The molecule has 3 rings (SSSR count). The first-order valence-electron chi connectivity index (χ1n) is 7.94. The number of hydrogen-bond acceptors (Lipinski definition) is 5. The van der Waals surface area contributed by atoms with Crippen LogP contribution in [0.25, 0.3) is 11.0 Å². The Bertz CT molecular complexity index is 932. The first kappa shape index (κ1) is 17.8. The molecule has 0 spiro atoms. The first-order valence-corrected chi connectivity index (χ1v) is 8.32. The monoisotopic (exact) mass is 372 g/mol. The summed E-state index contributed by atoms with van der Waals surface area (Å²) < 4.78 is 16.2. The zero-order chi connectivity index (χ0) is 18.5. The van der Waals surface area contributed by atoms with E-state index in [1.54, 1.807) is 24.3 Å². The maximum absolute atomic E-state index is 12.1. The van der Waals surface area contributed by atoms with E-state index in [4.69, 9.17) is 25.5 Å². The Morgan fingerprint density at radius 2 is 2.12 bits per heavy atom. The average molecular weight is 373 g/mol. The topological polar surface area (TPSA) is 73.1 Å². The van der Waals surface area contributed by atoms with Crippen molar-refractivity contribution in [1.29, 1.82) is 0 Å². The van der Waals surface area contributed by atoms with Gasteiger partial charge >= 0.3 is 5.91 Å². The summed E-state index contributed by atoms with van der Waals surface area (Å²) in [5, 5.41) is 5.19. The zero-order valence-electron chi connectivity index (χ0n) is 14.3. The van der Waals surface area contributed by atoms with Gasteiger partial charge in [0, 0.05) is 5.39 Å². The number of amides is 1. The SMILES string of the molecule is CCOc1c(Cl)cc(/C=N/NC(=O)c2cc3ccccc3o2)cc1OC. The van der Waals surface area contributed by atoms with Crippen molar-refractivity contribution in [1.82, 2.24) is 5.43 Å². The molecule has 0 aliphatic carbocycles. The molecule has 134 valence electrons. The second-order valence-electron chi connectivity index (χ2n) is 5.31. The molecule has 0 aliphatic heterocycles. The van der Waals surface area contributed by atoms with Gasteiger partial charge in [-0.1, -0.05) is 29.8 Å². The van der Waals surface area contributed by atoms with E-state index in [9.17, 15) is 4.79 Å². The molecule has 0 atom stereocenters. The summed E-state index contributed by atoms with van der Waals surface area (Å²) in [5.74, 6) is 0.705. The molecule has 26 heavy (non-hydrogen) atoms. The van der Waals surface area contributed by atoms with Crippen LogP contribution in [0.4, 0.5) is 0 Å². The number of rotatable bonds is 6. The predicted octanol–water partition coefficient (Wildman–Crippen LogP) is 4.26. The van der Waals surface area contributed by atoms with E-state index in [2.05, 4.69) is 10.5 Å². The summed E-state index contributed by atoms with van der Waals surface area (Å²) in [6, 6.07) is 12.4. The van der Waals surface area contributed by atoms with Gasteiger partial charge in [-0.25, -0.2) is 5.43 Å². The molecule has 1 heterocycles. The summed E-state index contributed by atoms with van der Waals surface area (Å²) in [4.78, 5) is 12.1. The molecule has 0 fully saturated rings. The number of carbonyl (C=O) groups excluding carboxylic acids is 1. The van der Waals surface area contributed by atoms with Crippen LogP contribution >= 0.6 is 11.6 Å². The van der Waals surface area contributed by atoms with Crippen LogP contribution in [-0.4, -0.2) is 25.8 Å². The number of carbonyl (C=O) groups is 1. The molecule has 0 aliphatic rings. The molecule has 0 radical (unpaired) electrons. The third kappa shape index (κ3) is 3.81. The second-order valence-corrected chi connectivity index (χ2v) is 5.72. The molecule has 0 bridgehead atoms. The Labute approximate surface area is 155 Å². The lowest BCUT2D eigenvalue weighted by Crippen LogP contribution is -2.16. The number of methoxy groups -OCH3 is 1. The Morgan fingerprint density at radius 1 is 1.31 bits per heavy atom. The van der Waals surface area contributed by atoms with Crippen molar-refractivity contribution >= 4 is 34.7 Å². The van der Waals surface area contributed by atoms with Crippen molar-refractivity contribution in [3.8, 4) is 11.5 Å². The first-order chi connectivity index (χ1) is 12.6. The highest BCUT2D eigenvalue weighted by Crippen LogP contribution is 2.35. The Morgan fingerprint density at radius 3 is 2.85 bits per heavy atom. The highest BCUT2D eigenvalue weighted by molar-refractivity contribution is 6.32. The molecule has 6 nitrogen and oxygen atoms in total. The number of para-hydroxylation sites is 1. The van der Waals surface area contributed by atoms with Crippen molar-refractivity contribution in [3.05, 3.63) is 58.8 Å². The highest BCUT2D eigenvalue weighted by atomic mass is 35.5. The molecule has 2 aromatic carbocycles. The van der Waals surface area contributed by atoms with Crippen molar-refractivity contribution in [2.24, 2.45) is 5.10 Å². The van der Waals surface area contributed by atoms with E-state index in [0.717, 1.165) is 5.39 Å². The van der Waals surface area contributed by atoms with Crippen LogP contribution in [0.15, 0.2) is 52.0 Å². The molecule has 0 saturated carbocycles. The number of benzene rings is 2. The van der Waals surface area contributed by atoms with Gasteiger partial charge in [-0.2, -0.15) is 5.10 Å². The van der Waals surface area contributed by atoms with Crippen LogP contribution in [0.5, 0.6) is 11.5 Å². The molecule has 1 aromatic heterocycles. The number of hydrazone groups is 1. The number of hydrogen-bond donors (Lipinski definition) is 1. The maximum Gasteiger partial charge on any atom is 0.307 e. The molecule has 3 aromatic rings. The minimum atomic E-state index is -0.443. The van der Waals surface area contributed by atoms with E-state index >= 15 is 0 Å². The molecule has 1 N–H and O–H groups in total. The Kier molecular flexibility index (Phi) is 5.43. The number of nitrogens with one attached hydrogen (secondary N) is 1. The lowest BCUT2D eigenvalue weighted by atomic mass is 10.2. The summed E-state index contributed by atoms with van der Waals surface area (Å²) >= 11 is 6.21. The predicted molar refractivity (Wildman–Crippen MR) is 100 cm³/mol. The third-order valence-electron chi connectivity index (χ3n) is 3.57. The minimum absolute atomic E-state index is 0.186. The average Bonchev–Trinajstić information content (AvgIpc) is 3.08. The Hall–Kier alpha value is -2.99. The Balaban J connectivity index is 1.73. The standard InChI is InChI=1S/C19H17ClN2O4/c1-3-25-18-14(20)8-12(9-16(18)24-2)11-21-22-19(23)17-10-13-6-4-5-7-15(13)26-17/h4-11H,3H2,1-2H3,(H,22,23)/b21-11+. The lowest BCUT2D eigenvalue weighted by Gasteiger charge is -2.11. The third-order valence-corrected chi connectivity index (χ3v) is 3.85. The summed E-state index contributed by atoms with van der Waals surface area (Å²) in [6.07, 6.45) is 1.46. The van der Waals surface area contributed by atoms with E-state index < -0.39 is 5.91 Å². The molecule has 0 saturated heterocycles. The molecular weight excluding hydrogens is 356 g/mol. The lowest BCUT2D eigenvalue weighted by molar-refractivity contribution is 0.0929. The van der Waals surface area contributed by atoms with Gasteiger partial charge in [-0.3, -0.25) is 4.79 Å². The number of fused-ring (bicyclic) bond motifs is 1. The van der Waals surface area contributed by atoms with Gasteiger partial charge in [-0.05, 0) is 36.8 Å². The highest BCUT2D eigenvalue weighted by Gasteiger charge is 2.12. The molecule has 0 unspecified atom stereocenters. The molecule has 7 heteroatoms. The summed E-state index contributed by atoms with van der Waals surface area (Å²) in [5.41, 5.74) is 3.72. The fourth-order valence-electron chi connectivity index (χ4n) is 2.41.